The van der Waals surface area contributed by atoms with E-state index in [4.69, 9.17) is 14.2 Å². The number of aryl methyl sites for hydroxylation is 2. The number of methoxy groups -OCH3 is 3. The second kappa shape index (κ2) is 4.77. The lowest BCUT2D eigenvalue weighted by Gasteiger charge is -2.15. The van der Waals surface area contributed by atoms with Crippen molar-refractivity contribution >= 4 is 10.8 Å². The van der Waals surface area contributed by atoms with Crippen molar-refractivity contribution in [3.63, 3.8) is 0 Å². The van der Waals surface area contributed by atoms with Gasteiger partial charge in [0, 0.05) is 10.9 Å². The normalized spacial score (nSPS) is 10.5. The number of ether oxygens (including phenoxy) is 3. The van der Waals surface area contributed by atoms with E-state index in [0.29, 0.717) is 0 Å². The number of rotatable bonds is 3. The summed E-state index contributed by atoms with van der Waals surface area (Å²) >= 11 is 0. The second-order valence-corrected chi connectivity index (χ2v) is 4.30. The minimum Gasteiger partial charge on any atom is -0.496 e. The molecule has 0 saturated heterocycles. The van der Waals surface area contributed by atoms with Crippen molar-refractivity contribution in [1.29, 1.82) is 0 Å². The molecular formula is C15H18O3. The Labute approximate surface area is 107 Å². The van der Waals surface area contributed by atoms with Crippen LogP contribution in [0.3, 0.4) is 0 Å². The summed E-state index contributed by atoms with van der Waals surface area (Å²) < 4.78 is 16.2. The quantitative estimate of drug-likeness (QED) is 0.829. The average Bonchev–Trinajstić information content (AvgIpc) is 2.38. The molecule has 2 aromatic rings. The number of hydrogen-bond donors (Lipinski definition) is 0. The molecule has 0 radical (unpaired) electrons. The molecule has 0 bridgehead atoms. The highest BCUT2D eigenvalue weighted by molar-refractivity contribution is 5.95. The summed E-state index contributed by atoms with van der Waals surface area (Å²) in [5.41, 5.74) is 2.23. The van der Waals surface area contributed by atoms with E-state index in [2.05, 4.69) is 13.0 Å². The molecular weight excluding hydrogens is 228 g/mol. The van der Waals surface area contributed by atoms with Gasteiger partial charge in [0.05, 0.1) is 21.3 Å². The van der Waals surface area contributed by atoms with Gasteiger partial charge in [0.15, 0.2) is 11.5 Å². The molecule has 0 aliphatic heterocycles. The smallest absolute Gasteiger partial charge is 0.164 e. The Hall–Kier alpha value is -1.90. The van der Waals surface area contributed by atoms with Crippen molar-refractivity contribution < 1.29 is 14.2 Å². The third kappa shape index (κ3) is 1.86. The summed E-state index contributed by atoms with van der Waals surface area (Å²) in [6.45, 7) is 4.08. The predicted molar refractivity (Wildman–Crippen MR) is 73.1 cm³/mol. The van der Waals surface area contributed by atoms with Crippen molar-refractivity contribution in [3.05, 3.63) is 29.3 Å². The van der Waals surface area contributed by atoms with Crippen molar-refractivity contribution in [2.45, 2.75) is 13.8 Å². The molecule has 0 N–H and O–H groups in total. The Balaban J connectivity index is 2.89. The predicted octanol–water partition coefficient (Wildman–Crippen LogP) is 3.48. The summed E-state index contributed by atoms with van der Waals surface area (Å²) in [5.74, 6) is 2.36. The van der Waals surface area contributed by atoms with Gasteiger partial charge in [0.25, 0.3) is 0 Å². The maximum atomic E-state index is 5.44. The van der Waals surface area contributed by atoms with Crippen LogP contribution in [0.25, 0.3) is 10.8 Å². The fourth-order valence-electron chi connectivity index (χ4n) is 2.30. The van der Waals surface area contributed by atoms with Crippen LogP contribution in [-0.2, 0) is 0 Å². The monoisotopic (exact) mass is 246 g/mol. The van der Waals surface area contributed by atoms with Crippen LogP contribution in [-0.4, -0.2) is 21.3 Å². The highest BCUT2D eigenvalue weighted by Crippen LogP contribution is 2.40. The van der Waals surface area contributed by atoms with Crippen molar-refractivity contribution in [2.75, 3.05) is 21.3 Å². The van der Waals surface area contributed by atoms with E-state index in [-0.39, 0.29) is 0 Å². The largest absolute Gasteiger partial charge is 0.496 e. The van der Waals surface area contributed by atoms with E-state index in [9.17, 15) is 0 Å². The van der Waals surface area contributed by atoms with Crippen molar-refractivity contribution in [2.24, 2.45) is 0 Å². The summed E-state index contributed by atoms with van der Waals surface area (Å²) in [7, 11) is 4.98. The third-order valence-corrected chi connectivity index (χ3v) is 3.17. The van der Waals surface area contributed by atoms with Crippen LogP contribution >= 0.6 is 0 Å². The minimum atomic E-state index is 0.727. The molecule has 0 saturated carbocycles. The lowest BCUT2D eigenvalue weighted by atomic mass is 10.0. The van der Waals surface area contributed by atoms with Crippen LogP contribution in [0.4, 0.5) is 0 Å². The van der Waals surface area contributed by atoms with Gasteiger partial charge in [-0.15, -0.1) is 0 Å². The zero-order chi connectivity index (χ0) is 13.3. The van der Waals surface area contributed by atoms with Gasteiger partial charge < -0.3 is 14.2 Å². The summed E-state index contributed by atoms with van der Waals surface area (Å²) in [6.07, 6.45) is 0. The molecule has 3 heteroatoms. The first-order chi connectivity index (χ1) is 8.62. The van der Waals surface area contributed by atoms with Gasteiger partial charge in [-0.05, 0) is 36.9 Å². The summed E-state index contributed by atoms with van der Waals surface area (Å²) in [6, 6.07) is 6.11. The molecule has 3 nitrogen and oxygen atoms in total. The van der Waals surface area contributed by atoms with E-state index >= 15 is 0 Å². The van der Waals surface area contributed by atoms with Crippen LogP contribution < -0.4 is 14.2 Å². The fourth-order valence-corrected chi connectivity index (χ4v) is 2.30. The van der Waals surface area contributed by atoms with Gasteiger partial charge in [-0.2, -0.15) is 0 Å². The molecule has 18 heavy (non-hydrogen) atoms. The van der Waals surface area contributed by atoms with Gasteiger partial charge in [0.1, 0.15) is 5.75 Å². The van der Waals surface area contributed by atoms with E-state index < -0.39 is 0 Å². The lowest BCUT2D eigenvalue weighted by Crippen LogP contribution is -1.96. The fraction of sp³-hybridized carbons (Fsp3) is 0.333. The first-order valence-electron chi connectivity index (χ1n) is 5.82. The topological polar surface area (TPSA) is 27.7 Å². The van der Waals surface area contributed by atoms with Crippen LogP contribution in [0.15, 0.2) is 18.2 Å². The Morgan fingerprint density at radius 2 is 1.39 bits per heavy atom. The maximum Gasteiger partial charge on any atom is 0.164 e. The molecule has 0 heterocycles. The molecule has 0 aliphatic carbocycles. The van der Waals surface area contributed by atoms with Crippen LogP contribution in [0.2, 0.25) is 0 Å². The van der Waals surface area contributed by atoms with Crippen LogP contribution in [0.1, 0.15) is 11.1 Å². The Kier molecular flexibility index (Phi) is 3.32. The van der Waals surface area contributed by atoms with E-state index in [1.54, 1.807) is 21.3 Å². The third-order valence-electron chi connectivity index (χ3n) is 3.17. The average molecular weight is 246 g/mol. The summed E-state index contributed by atoms with van der Waals surface area (Å²) in [4.78, 5) is 0. The standard InChI is InChI=1S/C15H18O3/c1-9-6-11-10(2)15(18-5)14(17-4)8-12(11)13(7-9)16-3/h6-8H,1-5H3. The Morgan fingerprint density at radius 3 is 1.94 bits per heavy atom. The molecule has 0 aliphatic rings. The van der Waals surface area contributed by atoms with Gasteiger partial charge in [-0.3, -0.25) is 0 Å². The summed E-state index contributed by atoms with van der Waals surface area (Å²) in [5, 5.41) is 2.17. The highest BCUT2D eigenvalue weighted by atomic mass is 16.5. The van der Waals surface area contributed by atoms with Crippen molar-refractivity contribution in [1.82, 2.24) is 0 Å². The first-order valence-corrected chi connectivity index (χ1v) is 5.82. The lowest BCUT2D eigenvalue weighted by molar-refractivity contribution is 0.353. The zero-order valence-electron chi connectivity index (χ0n) is 11.5. The second-order valence-electron chi connectivity index (χ2n) is 4.30. The highest BCUT2D eigenvalue weighted by Gasteiger charge is 2.14. The molecule has 2 rings (SSSR count). The molecule has 96 valence electrons. The maximum absolute atomic E-state index is 5.44. The molecule has 0 spiro atoms. The zero-order valence-corrected chi connectivity index (χ0v) is 11.5. The van der Waals surface area contributed by atoms with Crippen LogP contribution in [0.5, 0.6) is 17.2 Å². The van der Waals surface area contributed by atoms with Crippen LogP contribution in [0, 0.1) is 13.8 Å². The molecule has 0 fully saturated rings. The van der Waals surface area contributed by atoms with E-state index in [1.165, 1.54) is 0 Å². The molecule has 0 aromatic heterocycles. The molecule has 2 aromatic carbocycles. The molecule has 0 atom stereocenters. The van der Waals surface area contributed by atoms with Gasteiger partial charge in [-0.25, -0.2) is 0 Å². The number of hydrogen-bond acceptors (Lipinski definition) is 3. The SMILES string of the molecule is COc1cc2c(OC)cc(C)cc2c(C)c1OC. The Bertz CT molecular complexity index is 588. The van der Waals surface area contributed by atoms with Gasteiger partial charge >= 0.3 is 0 Å². The van der Waals surface area contributed by atoms with E-state index in [0.717, 1.165) is 39.1 Å². The van der Waals surface area contributed by atoms with Gasteiger partial charge in [-0.1, -0.05) is 6.07 Å². The molecule has 0 amide bonds. The Morgan fingerprint density at radius 1 is 0.722 bits per heavy atom. The number of fused-ring (bicyclic) bond motifs is 1. The number of benzene rings is 2. The molecule has 0 unspecified atom stereocenters. The van der Waals surface area contributed by atoms with E-state index in [1.807, 2.05) is 19.1 Å². The van der Waals surface area contributed by atoms with Gasteiger partial charge in [0.2, 0.25) is 0 Å². The first kappa shape index (κ1) is 12.6. The van der Waals surface area contributed by atoms with Crippen molar-refractivity contribution in [3.8, 4) is 17.2 Å². The minimum absolute atomic E-state index is 0.727.